The zero-order valence-corrected chi connectivity index (χ0v) is 26.9. The number of halogens is 1. The fourth-order valence-electron chi connectivity index (χ4n) is 4.77. The van der Waals surface area contributed by atoms with Crippen LogP contribution >= 0.6 is 39.0 Å². The van der Waals surface area contributed by atoms with Gasteiger partial charge in [-0.1, -0.05) is 33.8 Å². The van der Waals surface area contributed by atoms with E-state index in [1.54, 1.807) is 18.4 Å². The molecule has 4 aromatic rings. The SMILES string of the molecule is CCOC(=O)c1c(NC(=O)CSc2nnc(CNC(=O)c3ccc(C)c([N+](=O)[O-])c3)n2-c2ccc(Br)cc2)sc2c1CCC2. The zero-order valence-electron chi connectivity index (χ0n) is 23.7. The second kappa shape index (κ2) is 13.7. The zero-order chi connectivity index (χ0) is 31.4. The lowest BCUT2D eigenvalue weighted by Gasteiger charge is -2.12. The van der Waals surface area contributed by atoms with Gasteiger partial charge in [0.2, 0.25) is 5.91 Å². The summed E-state index contributed by atoms with van der Waals surface area (Å²) in [4.78, 5) is 50.5. The Balaban J connectivity index is 1.32. The second-order valence-corrected chi connectivity index (χ2v) is 12.7. The number of benzene rings is 2. The Hall–Kier alpha value is -4.08. The largest absolute Gasteiger partial charge is 0.462 e. The van der Waals surface area contributed by atoms with Crippen molar-refractivity contribution in [2.45, 2.75) is 44.8 Å². The van der Waals surface area contributed by atoms with Crippen LogP contribution in [0, 0.1) is 17.0 Å². The van der Waals surface area contributed by atoms with Gasteiger partial charge in [0.15, 0.2) is 11.0 Å². The number of anilines is 1. The molecule has 1 aliphatic rings. The molecular weight excluding hydrogens is 672 g/mol. The van der Waals surface area contributed by atoms with Gasteiger partial charge in [-0.05, 0) is 69.0 Å². The van der Waals surface area contributed by atoms with Crippen molar-refractivity contribution in [3.63, 3.8) is 0 Å². The number of ether oxygens (including phenoxy) is 1. The molecule has 0 aliphatic heterocycles. The van der Waals surface area contributed by atoms with E-state index >= 15 is 0 Å². The van der Waals surface area contributed by atoms with Gasteiger partial charge in [-0.15, -0.1) is 21.5 Å². The Labute approximate surface area is 268 Å². The van der Waals surface area contributed by atoms with E-state index in [1.807, 2.05) is 24.3 Å². The third kappa shape index (κ3) is 6.84. The molecule has 0 saturated heterocycles. The number of nitro benzene ring substituents is 1. The van der Waals surface area contributed by atoms with Crippen molar-refractivity contribution >= 4 is 67.5 Å². The van der Waals surface area contributed by atoms with Crippen LogP contribution in [0.15, 0.2) is 52.1 Å². The molecule has 0 atom stereocenters. The second-order valence-electron chi connectivity index (χ2n) is 9.77. The van der Waals surface area contributed by atoms with E-state index in [1.165, 1.54) is 29.5 Å². The average molecular weight is 700 g/mol. The van der Waals surface area contributed by atoms with Crippen molar-refractivity contribution < 1.29 is 24.0 Å². The normalized spacial score (nSPS) is 12.1. The number of hydrogen-bond donors (Lipinski definition) is 2. The number of aromatic nitrogens is 3. The Kier molecular flexibility index (Phi) is 9.76. The number of amides is 2. The lowest BCUT2D eigenvalue weighted by atomic mass is 10.1. The third-order valence-corrected chi connectivity index (χ3v) is 9.51. The van der Waals surface area contributed by atoms with Crippen LogP contribution in [-0.2, 0) is 28.9 Å². The summed E-state index contributed by atoms with van der Waals surface area (Å²) in [6.45, 7) is 3.56. The smallest absolute Gasteiger partial charge is 0.341 e. The maximum absolute atomic E-state index is 13.1. The number of fused-ring (bicyclic) bond motifs is 1. The third-order valence-electron chi connectivity index (χ3n) is 6.85. The number of esters is 1. The van der Waals surface area contributed by atoms with Gasteiger partial charge >= 0.3 is 5.97 Å². The molecular formula is C29H27BrN6O6S2. The molecule has 2 heterocycles. The predicted molar refractivity (Wildman–Crippen MR) is 170 cm³/mol. The number of thiophene rings is 1. The van der Waals surface area contributed by atoms with E-state index in [0.717, 1.165) is 45.9 Å². The van der Waals surface area contributed by atoms with Gasteiger partial charge in [0.25, 0.3) is 11.6 Å². The molecule has 0 bridgehead atoms. The Morgan fingerprint density at radius 2 is 1.93 bits per heavy atom. The minimum Gasteiger partial charge on any atom is -0.462 e. The van der Waals surface area contributed by atoms with E-state index in [9.17, 15) is 24.5 Å². The molecule has 12 nitrogen and oxygen atoms in total. The highest BCUT2D eigenvalue weighted by molar-refractivity contribution is 9.10. The van der Waals surface area contributed by atoms with Gasteiger partial charge in [-0.3, -0.25) is 24.3 Å². The topological polar surface area (TPSA) is 158 Å². The van der Waals surface area contributed by atoms with E-state index in [2.05, 4.69) is 36.8 Å². The summed E-state index contributed by atoms with van der Waals surface area (Å²) in [7, 11) is 0. The van der Waals surface area contributed by atoms with Crippen molar-refractivity contribution in [1.29, 1.82) is 0 Å². The standard InChI is InChI=1S/C29H27BrN6O6S2/c1-3-42-28(39)25-20-5-4-6-22(20)44-27(25)32-24(37)15-43-29-34-33-23(35(29)19-11-9-18(30)10-12-19)14-31-26(38)17-8-7-16(2)21(13-17)36(40)41/h7-13H,3-6,14-15H2,1-2H3,(H,31,38)(H,32,37). The van der Waals surface area contributed by atoms with Crippen molar-refractivity contribution in [1.82, 2.24) is 20.1 Å². The van der Waals surface area contributed by atoms with Gasteiger partial charge in [-0.2, -0.15) is 0 Å². The number of carbonyl (C=O) groups excluding carboxylic acids is 3. The number of nitro groups is 1. The molecule has 2 aromatic heterocycles. The minimum atomic E-state index is -0.529. The van der Waals surface area contributed by atoms with Crippen LogP contribution in [0.4, 0.5) is 10.7 Å². The molecule has 15 heteroatoms. The maximum atomic E-state index is 13.1. The lowest BCUT2D eigenvalue weighted by molar-refractivity contribution is -0.385. The van der Waals surface area contributed by atoms with E-state index in [0.29, 0.717) is 32.8 Å². The van der Waals surface area contributed by atoms with Crippen molar-refractivity contribution in [2.75, 3.05) is 17.7 Å². The van der Waals surface area contributed by atoms with Crippen LogP contribution < -0.4 is 10.6 Å². The van der Waals surface area contributed by atoms with Crippen LogP contribution in [0.3, 0.4) is 0 Å². The number of nitrogens with one attached hydrogen (secondary N) is 2. The quantitative estimate of drug-likeness (QED) is 0.0876. The first-order valence-corrected chi connectivity index (χ1v) is 16.2. The molecule has 0 fully saturated rings. The lowest BCUT2D eigenvalue weighted by Crippen LogP contribution is -2.25. The van der Waals surface area contributed by atoms with Gasteiger partial charge < -0.3 is 15.4 Å². The Morgan fingerprint density at radius 1 is 1.16 bits per heavy atom. The maximum Gasteiger partial charge on any atom is 0.341 e. The first kappa shape index (κ1) is 31.3. The molecule has 228 valence electrons. The highest BCUT2D eigenvalue weighted by atomic mass is 79.9. The van der Waals surface area contributed by atoms with E-state index in [4.69, 9.17) is 4.74 Å². The van der Waals surface area contributed by atoms with Crippen LogP contribution in [-0.4, -0.2) is 49.8 Å². The molecule has 0 spiro atoms. The van der Waals surface area contributed by atoms with Gasteiger partial charge in [0, 0.05) is 32.2 Å². The summed E-state index contributed by atoms with van der Waals surface area (Å²) < 4.78 is 7.84. The van der Waals surface area contributed by atoms with Gasteiger partial charge in [0.05, 0.1) is 29.4 Å². The monoisotopic (exact) mass is 698 g/mol. The van der Waals surface area contributed by atoms with Gasteiger partial charge in [-0.25, -0.2) is 4.79 Å². The summed E-state index contributed by atoms with van der Waals surface area (Å²) >= 11 is 5.99. The summed E-state index contributed by atoms with van der Waals surface area (Å²) in [5, 5.41) is 26.4. The Morgan fingerprint density at radius 3 is 2.66 bits per heavy atom. The summed E-state index contributed by atoms with van der Waals surface area (Å²) in [5.74, 6) is -0.881. The van der Waals surface area contributed by atoms with Crippen LogP contribution in [0.1, 0.15) is 55.9 Å². The highest BCUT2D eigenvalue weighted by Gasteiger charge is 2.28. The number of carbonyl (C=O) groups is 3. The van der Waals surface area contributed by atoms with Crippen LogP contribution in [0.5, 0.6) is 0 Å². The van der Waals surface area contributed by atoms with Crippen LogP contribution in [0.2, 0.25) is 0 Å². The number of hydrogen-bond acceptors (Lipinski definition) is 10. The molecule has 2 aromatic carbocycles. The fraction of sp³-hybridized carbons (Fsp3) is 0.276. The van der Waals surface area contributed by atoms with Crippen molar-refractivity contribution in [2.24, 2.45) is 0 Å². The molecule has 1 aliphatic carbocycles. The van der Waals surface area contributed by atoms with Crippen LogP contribution in [0.25, 0.3) is 5.69 Å². The average Bonchev–Trinajstić information content (AvgIpc) is 3.70. The Bertz CT molecular complexity index is 1750. The summed E-state index contributed by atoms with van der Waals surface area (Å²) in [6.07, 6.45) is 2.62. The first-order chi connectivity index (χ1) is 21.2. The first-order valence-electron chi connectivity index (χ1n) is 13.6. The van der Waals surface area contributed by atoms with Crippen molar-refractivity contribution in [3.05, 3.63) is 90.0 Å². The van der Waals surface area contributed by atoms with Crippen molar-refractivity contribution in [3.8, 4) is 5.69 Å². The number of thioether (sulfide) groups is 1. The highest BCUT2D eigenvalue weighted by Crippen LogP contribution is 2.39. The van der Waals surface area contributed by atoms with E-state index < -0.39 is 16.8 Å². The molecule has 0 saturated carbocycles. The molecule has 0 radical (unpaired) electrons. The molecule has 5 rings (SSSR count). The summed E-state index contributed by atoms with van der Waals surface area (Å²) in [5.41, 5.74) is 2.55. The number of rotatable bonds is 11. The fourth-order valence-corrected chi connectivity index (χ4v) is 7.10. The number of aryl methyl sites for hydroxylation is 2. The molecule has 0 unspecified atom stereocenters. The molecule has 2 N–H and O–H groups in total. The summed E-state index contributed by atoms with van der Waals surface area (Å²) in [6, 6.07) is 11.6. The van der Waals surface area contributed by atoms with Gasteiger partial charge in [0.1, 0.15) is 5.00 Å². The number of nitrogens with zero attached hydrogens (tertiary/aromatic N) is 4. The van der Waals surface area contributed by atoms with E-state index in [-0.39, 0.29) is 36.1 Å². The molecule has 2 amide bonds. The predicted octanol–water partition coefficient (Wildman–Crippen LogP) is 5.63. The molecule has 44 heavy (non-hydrogen) atoms. The minimum absolute atomic E-state index is 0.0150.